The first kappa shape index (κ1) is 15.4. The van der Waals surface area contributed by atoms with Gasteiger partial charge in [0.25, 0.3) is 0 Å². The number of ketones is 1. The molecular weight excluding hydrogens is 258 g/mol. The average molecular weight is 281 g/mol. The molecule has 0 saturated heterocycles. The highest BCUT2D eigenvalue weighted by Crippen LogP contribution is 2.37. The fraction of sp³-hybridized carbons (Fsp3) is 0.421. The number of carbonyl (C=O) groups excluding carboxylic acids is 1. The summed E-state index contributed by atoms with van der Waals surface area (Å²) in [5.74, 6) is 6.19. The van der Waals surface area contributed by atoms with E-state index in [2.05, 4.69) is 38.7 Å². The van der Waals surface area contributed by atoms with Crippen LogP contribution in [0.5, 0.6) is 0 Å². The summed E-state index contributed by atoms with van der Waals surface area (Å²) >= 11 is 0. The molecule has 0 saturated carbocycles. The smallest absolute Gasteiger partial charge is 0.231 e. The third-order valence-electron chi connectivity index (χ3n) is 4.20. The lowest BCUT2D eigenvalue weighted by atomic mass is 9.73. The summed E-state index contributed by atoms with van der Waals surface area (Å²) < 4.78 is 0. The number of benzene rings is 1. The zero-order chi connectivity index (χ0) is 15.5. The van der Waals surface area contributed by atoms with Crippen molar-refractivity contribution in [2.24, 2.45) is 11.3 Å². The van der Waals surface area contributed by atoms with Gasteiger partial charge in [-0.05, 0) is 48.6 Å². The molecule has 1 unspecified atom stereocenters. The van der Waals surface area contributed by atoms with Crippen molar-refractivity contribution >= 4 is 11.5 Å². The Kier molecular flexibility index (Phi) is 4.53. The van der Waals surface area contributed by atoms with E-state index in [-0.39, 0.29) is 5.78 Å². The second-order valence-electron chi connectivity index (χ2n) is 6.73. The summed E-state index contributed by atoms with van der Waals surface area (Å²) in [4.78, 5) is 12.2. The Hall–Kier alpha value is -2.01. The number of anilines is 1. The Balaban J connectivity index is 2.07. The molecule has 1 aliphatic rings. The lowest BCUT2D eigenvalue weighted by molar-refractivity contribution is -0.110. The molecule has 0 heterocycles. The maximum Gasteiger partial charge on any atom is 0.231 e. The molecule has 1 aromatic carbocycles. The number of hydrogen-bond acceptors (Lipinski definition) is 2. The Morgan fingerprint density at radius 1 is 1.29 bits per heavy atom. The molecule has 0 amide bonds. The quantitative estimate of drug-likeness (QED) is 0.625. The van der Waals surface area contributed by atoms with E-state index in [4.69, 9.17) is 5.73 Å². The Bertz CT molecular complexity index is 623. The molecule has 110 valence electrons. The van der Waals surface area contributed by atoms with Crippen molar-refractivity contribution in [2.75, 3.05) is 5.73 Å². The molecule has 21 heavy (non-hydrogen) atoms. The minimum Gasteiger partial charge on any atom is -0.398 e. The van der Waals surface area contributed by atoms with Gasteiger partial charge in [0, 0.05) is 16.8 Å². The lowest BCUT2D eigenvalue weighted by Crippen LogP contribution is -2.23. The number of nitrogens with two attached hydrogens (primary N) is 1. The van der Waals surface area contributed by atoms with Gasteiger partial charge in [-0.1, -0.05) is 44.9 Å². The maximum absolute atomic E-state index is 12.2. The molecule has 1 aromatic rings. The summed E-state index contributed by atoms with van der Waals surface area (Å²) in [6.45, 7) is 6.78. The van der Waals surface area contributed by atoms with Gasteiger partial charge in [-0.15, -0.1) is 0 Å². The third kappa shape index (κ3) is 3.98. The molecule has 0 fully saturated rings. The monoisotopic (exact) mass is 281 g/mol. The highest BCUT2D eigenvalue weighted by molar-refractivity contribution is 6.09. The summed E-state index contributed by atoms with van der Waals surface area (Å²) in [6.07, 6.45) is 4.94. The van der Waals surface area contributed by atoms with Gasteiger partial charge in [0.2, 0.25) is 5.78 Å². The van der Waals surface area contributed by atoms with Crippen LogP contribution in [-0.4, -0.2) is 5.78 Å². The molecule has 0 aromatic heterocycles. The van der Waals surface area contributed by atoms with Crippen LogP contribution in [0, 0.1) is 23.2 Å². The highest BCUT2D eigenvalue weighted by atomic mass is 16.1. The van der Waals surface area contributed by atoms with Gasteiger partial charge in [0.15, 0.2) is 0 Å². The summed E-state index contributed by atoms with van der Waals surface area (Å²) in [7, 11) is 0. The largest absolute Gasteiger partial charge is 0.398 e. The van der Waals surface area contributed by atoms with Crippen LogP contribution in [0.25, 0.3) is 0 Å². The first-order chi connectivity index (χ1) is 9.88. The van der Waals surface area contributed by atoms with E-state index in [9.17, 15) is 4.79 Å². The van der Waals surface area contributed by atoms with Crippen LogP contribution in [-0.2, 0) is 4.79 Å². The van der Waals surface area contributed by atoms with Crippen LogP contribution in [0.3, 0.4) is 0 Å². The first-order valence-corrected chi connectivity index (χ1v) is 7.48. The molecule has 2 N–H and O–H groups in total. The normalized spacial score (nSPS) is 18.4. The van der Waals surface area contributed by atoms with Crippen molar-refractivity contribution in [2.45, 2.75) is 40.0 Å². The minimum absolute atomic E-state index is 0.0642. The molecule has 0 bridgehead atoms. The predicted molar refractivity (Wildman–Crippen MR) is 87.6 cm³/mol. The molecular formula is C19H23NO. The summed E-state index contributed by atoms with van der Waals surface area (Å²) in [5, 5.41) is 0. The van der Waals surface area contributed by atoms with Gasteiger partial charge in [0.1, 0.15) is 0 Å². The number of para-hydroxylation sites is 1. The molecule has 1 aliphatic carbocycles. The van der Waals surface area contributed by atoms with Gasteiger partial charge in [-0.2, -0.15) is 0 Å². The third-order valence-corrected chi connectivity index (χ3v) is 4.20. The molecule has 2 nitrogen and oxygen atoms in total. The van der Waals surface area contributed by atoms with Gasteiger partial charge in [-0.25, -0.2) is 0 Å². The zero-order valence-electron chi connectivity index (χ0n) is 13.1. The summed E-state index contributed by atoms with van der Waals surface area (Å²) in [5.41, 5.74) is 8.31. The van der Waals surface area contributed by atoms with Gasteiger partial charge in [0.05, 0.1) is 0 Å². The second-order valence-corrected chi connectivity index (χ2v) is 6.73. The second kappa shape index (κ2) is 6.18. The minimum atomic E-state index is -0.0642. The topological polar surface area (TPSA) is 43.1 Å². The Morgan fingerprint density at radius 3 is 2.57 bits per heavy atom. The number of hydrogen-bond donors (Lipinski definition) is 1. The van der Waals surface area contributed by atoms with Crippen LogP contribution in [0.15, 0.2) is 35.9 Å². The molecule has 0 aliphatic heterocycles. The molecule has 2 rings (SSSR count). The van der Waals surface area contributed by atoms with E-state index in [0.717, 1.165) is 30.4 Å². The fourth-order valence-corrected chi connectivity index (χ4v) is 2.64. The highest BCUT2D eigenvalue weighted by Gasteiger charge is 2.27. The first-order valence-electron chi connectivity index (χ1n) is 7.48. The standard InChI is InChI=1S/C19H23NO/c1-19(2,3)16-11-8-15(9-12-16)18(21)13-10-14-6-4-5-7-17(14)20/h4-8,16H,9,11-12,20H2,1-3H3. The van der Waals surface area contributed by atoms with Crippen molar-refractivity contribution in [3.05, 3.63) is 41.5 Å². The van der Waals surface area contributed by atoms with Gasteiger partial charge < -0.3 is 5.73 Å². The van der Waals surface area contributed by atoms with Crippen LogP contribution in [0.1, 0.15) is 45.6 Å². The van der Waals surface area contributed by atoms with Crippen molar-refractivity contribution < 1.29 is 4.79 Å². The number of carbonyl (C=O) groups is 1. The van der Waals surface area contributed by atoms with Crippen molar-refractivity contribution in [1.82, 2.24) is 0 Å². The number of allylic oxidation sites excluding steroid dienone is 2. The zero-order valence-corrected chi connectivity index (χ0v) is 13.1. The van der Waals surface area contributed by atoms with Gasteiger partial charge >= 0.3 is 0 Å². The van der Waals surface area contributed by atoms with Crippen LogP contribution >= 0.6 is 0 Å². The molecule has 0 spiro atoms. The van der Waals surface area contributed by atoms with Crippen LogP contribution in [0.4, 0.5) is 5.69 Å². The Labute approximate surface area is 127 Å². The SMILES string of the molecule is CC(C)(C)C1CC=C(C(=O)C#Cc2ccccc2N)CC1. The number of Topliss-reactive ketones (excluding diaryl/α,β-unsaturated/α-hetero) is 1. The number of nitrogen functional groups attached to an aromatic ring is 1. The molecule has 0 radical (unpaired) electrons. The molecule has 2 heteroatoms. The predicted octanol–water partition coefficient (Wildman–Crippen LogP) is 3.96. The van der Waals surface area contributed by atoms with Crippen molar-refractivity contribution in [3.8, 4) is 11.8 Å². The van der Waals surface area contributed by atoms with Crippen molar-refractivity contribution in [3.63, 3.8) is 0 Å². The van der Waals surface area contributed by atoms with Crippen LogP contribution in [0.2, 0.25) is 0 Å². The van der Waals surface area contributed by atoms with E-state index in [1.807, 2.05) is 18.2 Å². The average Bonchev–Trinajstić information content (AvgIpc) is 2.45. The number of rotatable bonds is 1. The van der Waals surface area contributed by atoms with E-state index >= 15 is 0 Å². The fourth-order valence-electron chi connectivity index (χ4n) is 2.64. The van der Waals surface area contributed by atoms with Gasteiger partial charge in [-0.3, -0.25) is 4.79 Å². The van der Waals surface area contributed by atoms with Crippen LogP contribution < -0.4 is 5.73 Å². The summed E-state index contributed by atoms with van der Waals surface area (Å²) in [6, 6.07) is 7.36. The van der Waals surface area contributed by atoms with E-state index < -0.39 is 0 Å². The van der Waals surface area contributed by atoms with Crippen molar-refractivity contribution in [1.29, 1.82) is 0 Å². The maximum atomic E-state index is 12.2. The molecule has 1 atom stereocenters. The van der Waals surface area contributed by atoms with E-state index in [0.29, 0.717) is 17.0 Å². The van der Waals surface area contributed by atoms with E-state index in [1.165, 1.54) is 0 Å². The van der Waals surface area contributed by atoms with E-state index in [1.54, 1.807) is 6.07 Å². The lowest BCUT2D eigenvalue weighted by Gasteiger charge is -2.32. The Morgan fingerprint density at radius 2 is 2.00 bits per heavy atom.